The molecule has 3 rings (SSSR count). The standard InChI is InChI=1S/C28H50O5/c1-3-5-7-9-11-13-15-17-21-31-26(29)25-20-19-24-23-28(25,33-24)27(30)32-22-18-16-14-12-10-8-6-4-2/h24-25H,3-23H2,1-2H3. The van der Waals surface area contributed by atoms with Crippen molar-refractivity contribution >= 4 is 11.9 Å². The number of hydrogen-bond donors (Lipinski definition) is 0. The van der Waals surface area contributed by atoms with Crippen LogP contribution in [0.5, 0.6) is 0 Å². The first-order valence-electron chi connectivity index (χ1n) is 14.2. The second-order valence-corrected chi connectivity index (χ2v) is 10.2. The van der Waals surface area contributed by atoms with Gasteiger partial charge in [-0.15, -0.1) is 0 Å². The monoisotopic (exact) mass is 466 g/mol. The Labute approximate surface area is 202 Å². The zero-order chi connectivity index (χ0) is 23.8. The van der Waals surface area contributed by atoms with Crippen molar-refractivity contribution < 1.29 is 23.8 Å². The summed E-state index contributed by atoms with van der Waals surface area (Å²) in [5, 5.41) is 0. The zero-order valence-electron chi connectivity index (χ0n) is 21.5. The van der Waals surface area contributed by atoms with Crippen LogP contribution in [0.2, 0.25) is 0 Å². The van der Waals surface area contributed by atoms with E-state index in [2.05, 4.69) is 13.8 Å². The fourth-order valence-corrected chi connectivity index (χ4v) is 5.21. The minimum Gasteiger partial charge on any atom is -0.465 e. The van der Waals surface area contributed by atoms with Gasteiger partial charge in [-0.1, -0.05) is 104 Å². The van der Waals surface area contributed by atoms with Gasteiger partial charge in [0.1, 0.15) is 0 Å². The Morgan fingerprint density at radius 3 is 1.67 bits per heavy atom. The van der Waals surface area contributed by atoms with Crippen LogP contribution in [-0.2, 0) is 23.8 Å². The van der Waals surface area contributed by atoms with Gasteiger partial charge in [0.2, 0.25) is 0 Å². The van der Waals surface area contributed by atoms with E-state index in [1.807, 2.05) is 0 Å². The minimum absolute atomic E-state index is 0.0948. The van der Waals surface area contributed by atoms with Gasteiger partial charge >= 0.3 is 11.9 Å². The molecule has 5 heteroatoms. The minimum atomic E-state index is -1.08. The van der Waals surface area contributed by atoms with Crippen molar-refractivity contribution in [1.82, 2.24) is 0 Å². The van der Waals surface area contributed by atoms with E-state index in [-0.39, 0.29) is 18.0 Å². The molecule has 0 aromatic rings. The van der Waals surface area contributed by atoms with Crippen LogP contribution < -0.4 is 0 Å². The highest BCUT2D eigenvalue weighted by molar-refractivity contribution is 5.89. The van der Waals surface area contributed by atoms with Crippen molar-refractivity contribution in [2.75, 3.05) is 13.2 Å². The van der Waals surface area contributed by atoms with Gasteiger partial charge in [-0.3, -0.25) is 4.79 Å². The Morgan fingerprint density at radius 2 is 1.15 bits per heavy atom. The largest absolute Gasteiger partial charge is 0.465 e. The van der Waals surface area contributed by atoms with Gasteiger partial charge in [0, 0.05) is 6.42 Å². The maximum absolute atomic E-state index is 12.8. The number of rotatable bonds is 20. The molecular weight excluding hydrogens is 416 g/mol. The number of fused-ring (bicyclic) bond motifs is 2. The lowest BCUT2D eigenvalue weighted by Gasteiger charge is -2.53. The van der Waals surface area contributed by atoms with Crippen LogP contribution in [0.25, 0.3) is 0 Å². The number of unbranched alkanes of at least 4 members (excludes halogenated alkanes) is 14. The van der Waals surface area contributed by atoms with Crippen LogP contribution in [0.4, 0.5) is 0 Å². The first-order chi connectivity index (χ1) is 16.1. The van der Waals surface area contributed by atoms with Crippen LogP contribution in [0.3, 0.4) is 0 Å². The van der Waals surface area contributed by atoms with Gasteiger partial charge in [-0.2, -0.15) is 0 Å². The number of hydrogen-bond acceptors (Lipinski definition) is 5. The summed E-state index contributed by atoms with van der Waals surface area (Å²) in [6.45, 7) is 5.33. The molecule has 0 radical (unpaired) electrons. The fraction of sp³-hybridized carbons (Fsp3) is 0.929. The van der Waals surface area contributed by atoms with E-state index in [4.69, 9.17) is 14.2 Å². The van der Waals surface area contributed by atoms with E-state index in [0.717, 1.165) is 32.1 Å². The Bertz CT molecular complexity index is 540. The molecule has 1 saturated carbocycles. The summed E-state index contributed by atoms with van der Waals surface area (Å²) >= 11 is 0. The van der Waals surface area contributed by atoms with E-state index >= 15 is 0 Å². The predicted octanol–water partition coefficient (Wildman–Crippen LogP) is 7.29. The molecule has 3 atom stereocenters. The van der Waals surface area contributed by atoms with E-state index < -0.39 is 11.5 Å². The topological polar surface area (TPSA) is 61.8 Å². The van der Waals surface area contributed by atoms with Gasteiger partial charge in [0.05, 0.1) is 25.2 Å². The third kappa shape index (κ3) is 9.58. The van der Waals surface area contributed by atoms with Gasteiger partial charge in [-0.25, -0.2) is 4.79 Å². The lowest BCUT2D eigenvalue weighted by molar-refractivity contribution is -0.268. The van der Waals surface area contributed by atoms with Gasteiger partial charge in [0.25, 0.3) is 0 Å². The Hall–Kier alpha value is -1.10. The van der Waals surface area contributed by atoms with Crippen molar-refractivity contribution in [1.29, 1.82) is 0 Å². The maximum Gasteiger partial charge on any atom is 0.339 e. The highest BCUT2D eigenvalue weighted by Crippen LogP contribution is 2.49. The molecule has 0 N–H and O–H groups in total. The Balaban J connectivity index is 1.60. The molecule has 2 bridgehead atoms. The normalized spacial score (nSPS) is 23.7. The number of esters is 2. The fourth-order valence-electron chi connectivity index (χ4n) is 5.21. The van der Waals surface area contributed by atoms with Crippen molar-refractivity contribution in [2.45, 2.75) is 148 Å². The molecule has 2 saturated heterocycles. The molecule has 33 heavy (non-hydrogen) atoms. The quantitative estimate of drug-likeness (QED) is 0.139. The summed E-state index contributed by atoms with van der Waals surface area (Å²) in [6, 6.07) is 0. The smallest absolute Gasteiger partial charge is 0.339 e. The van der Waals surface area contributed by atoms with E-state index in [0.29, 0.717) is 26.1 Å². The first kappa shape index (κ1) is 28.1. The second kappa shape index (κ2) is 16.5. The summed E-state index contributed by atoms with van der Waals surface area (Å²) < 4.78 is 17.0. The number of carbonyl (C=O) groups is 2. The molecule has 0 amide bonds. The Morgan fingerprint density at radius 1 is 0.697 bits per heavy atom. The van der Waals surface area contributed by atoms with Crippen LogP contribution in [-0.4, -0.2) is 36.9 Å². The SMILES string of the molecule is CCCCCCCCCCOC(=O)C1CCC2CC1(C(=O)OCCCCCCCCCC)O2. The summed E-state index contributed by atoms with van der Waals surface area (Å²) in [7, 11) is 0. The molecule has 3 aliphatic rings. The van der Waals surface area contributed by atoms with E-state index in [1.54, 1.807) is 0 Å². The predicted molar refractivity (Wildman–Crippen MR) is 132 cm³/mol. The molecule has 5 nitrogen and oxygen atoms in total. The molecule has 0 aromatic heterocycles. The molecule has 0 aromatic carbocycles. The molecule has 1 aliphatic carbocycles. The lowest BCUT2D eigenvalue weighted by atomic mass is 9.69. The van der Waals surface area contributed by atoms with Crippen LogP contribution in [0.15, 0.2) is 0 Å². The van der Waals surface area contributed by atoms with Crippen molar-refractivity contribution in [3.8, 4) is 0 Å². The zero-order valence-corrected chi connectivity index (χ0v) is 21.5. The maximum atomic E-state index is 12.8. The molecule has 0 spiro atoms. The third-order valence-electron chi connectivity index (χ3n) is 7.35. The molecule has 3 unspecified atom stereocenters. The van der Waals surface area contributed by atoms with Crippen LogP contribution in [0, 0.1) is 5.92 Å². The second-order valence-electron chi connectivity index (χ2n) is 10.2. The molecular formula is C28H50O5. The highest BCUT2D eigenvalue weighted by atomic mass is 16.6. The van der Waals surface area contributed by atoms with Crippen LogP contribution in [0.1, 0.15) is 136 Å². The van der Waals surface area contributed by atoms with E-state index in [1.165, 1.54) is 77.0 Å². The van der Waals surface area contributed by atoms with Gasteiger partial charge < -0.3 is 14.2 Å². The van der Waals surface area contributed by atoms with Gasteiger partial charge in [0.15, 0.2) is 5.60 Å². The summed E-state index contributed by atoms with van der Waals surface area (Å²) in [6.07, 6.45) is 21.5. The van der Waals surface area contributed by atoms with Crippen molar-refractivity contribution in [3.05, 3.63) is 0 Å². The molecule has 192 valence electrons. The van der Waals surface area contributed by atoms with E-state index in [9.17, 15) is 9.59 Å². The summed E-state index contributed by atoms with van der Waals surface area (Å²) in [4.78, 5) is 25.6. The van der Waals surface area contributed by atoms with Crippen molar-refractivity contribution in [3.63, 3.8) is 0 Å². The lowest BCUT2D eigenvalue weighted by Crippen LogP contribution is -2.66. The molecule has 2 aliphatic heterocycles. The van der Waals surface area contributed by atoms with Gasteiger partial charge in [-0.05, 0) is 25.7 Å². The van der Waals surface area contributed by atoms with Crippen molar-refractivity contribution in [2.24, 2.45) is 5.92 Å². The average Bonchev–Trinajstić information content (AvgIpc) is 2.81. The molecule has 3 fully saturated rings. The molecule has 2 heterocycles. The summed E-state index contributed by atoms with van der Waals surface area (Å²) in [5.74, 6) is -1.14. The first-order valence-corrected chi connectivity index (χ1v) is 14.2. The average molecular weight is 467 g/mol. The summed E-state index contributed by atoms with van der Waals surface area (Å²) in [5.41, 5.74) is -1.08. The number of carbonyl (C=O) groups excluding carboxylic acids is 2. The van der Waals surface area contributed by atoms with Crippen LogP contribution >= 0.6 is 0 Å². The highest BCUT2D eigenvalue weighted by Gasteiger charge is 2.63. The Kier molecular flexibility index (Phi) is 14.1. The number of ether oxygens (including phenoxy) is 3. The third-order valence-corrected chi connectivity index (χ3v) is 7.35.